The van der Waals surface area contributed by atoms with Crippen molar-refractivity contribution in [2.24, 2.45) is 0 Å². The summed E-state index contributed by atoms with van der Waals surface area (Å²) >= 11 is 0. The van der Waals surface area contributed by atoms with E-state index in [1.165, 1.54) is 0 Å². The molecule has 0 unspecified atom stereocenters. The molecule has 2 fully saturated rings. The zero-order valence-corrected chi connectivity index (χ0v) is 19.5. The fourth-order valence-electron chi connectivity index (χ4n) is 5.40. The Morgan fingerprint density at radius 2 is 1.50 bits per heavy atom. The van der Waals surface area contributed by atoms with Crippen LogP contribution >= 0.6 is 0 Å². The summed E-state index contributed by atoms with van der Waals surface area (Å²) in [5.74, 6) is 0.0977. The van der Waals surface area contributed by atoms with Crippen LogP contribution in [-0.2, 0) is 9.53 Å². The van der Waals surface area contributed by atoms with Gasteiger partial charge in [0.2, 0.25) is 5.91 Å². The molecule has 2 saturated heterocycles. The number of piperidine rings is 1. The minimum absolute atomic E-state index is 0.0148. The predicted molar refractivity (Wildman–Crippen MR) is 134 cm³/mol. The fraction of sp³-hybridized carbons (Fsp3) is 0.310. The SMILES string of the molecule is CC(=O)N(c1ccccc1)[C@H]1COC2(CCN(C(=O)c3ccccc3-c3ccccc3)CC2)C1. The number of para-hydroxylation sites is 1. The van der Waals surface area contributed by atoms with Crippen LogP contribution in [0.25, 0.3) is 11.1 Å². The van der Waals surface area contributed by atoms with Crippen molar-refractivity contribution in [3.63, 3.8) is 0 Å². The van der Waals surface area contributed by atoms with Crippen molar-refractivity contribution in [3.05, 3.63) is 90.5 Å². The lowest BCUT2D eigenvalue weighted by atomic mass is 9.86. The molecule has 3 aromatic carbocycles. The highest BCUT2D eigenvalue weighted by atomic mass is 16.5. The molecule has 2 aliphatic rings. The van der Waals surface area contributed by atoms with E-state index in [9.17, 15) is 9.59 Å². The third kappa shape index (κ3) is 4.36. The van der Waals surface area contributed by atoms with Crippen molar-refractivity contribution >= 4 is 17.5 Å². The number of carbonyl (C=O) groups excluding carboxylic acids is 2. The number of rotatable bonds is 4. The molecule has 34 heavy (non-hydrogen) atoms. The molecule has 0 saturated carbocycles. The summed E-state index contributed by atoms with van der Waals surface area (Å²) in [7, 11) is 0. The highest BCUT2D eigenvalue weighted by Crippen LogP contribution is 2.39. The summed E-state index contributed by atoms with van der Waals surface area (Å²) in [5, 5.41) is 0. The number of anilines is 1. The number of ether oxygens (including phenoxy) is 1. The molecule has 174 valence electrons. The Balaban J connectivity index is 1.28. The zero-order chi connectivity index (χ0) is 23.5. The molecule has 0 radical (unpaired) electrons. The summed E-state index contributed by atoms with van der Waals surface area (Å²) in [4.78, 5) is 29.8. The summed E-state index contributed by atoms with van der Waals surface area (Å²) in [5.41, 5.74) is 3.38. The molecule has 3 aromatic rings. The smallest absolute Gasteiger partial charge is 0.254 e. The lowest BCUT2D eigenvalue weighted by molar-refractivity contribution is -0.117. The third-order valence-electron chi connectivity index (χ3n) is 7.13. The van der Waals surface area contributed by atoms with E-state index in [0.717, 1.165) is 41.6 Å². The Labute approximate surface area is 201 Å². The van der Waals surface area contributed by atoms with Crippen LogP contribution in [0.1, 0.15) is 36.5 Å². The maximum atomic E-state index is 13.5. The minimum Gasteiger partial charge on any atom is -0.373 e. The van der Waals surface area contributed by atoms with Gasteiger partial charge in [-0.2, -0.15) is 0 Å². The van der Waals surface area contributed by atoms with Crippen LogP contribution < -0.4 is 4.90 Å². The molecular formula is C29H30N2O3. The van der Waals surface area contributed by atoms with Gasteiger partial charge in [-0.25, -0.2) is 0 Å². The second kappa shape index (κ2) is 9.43. The first-order valence-corrected chi connectivity index (χ1v) is 12.0. The number of likely N-dealkylation sites (tertiary alicyclic amines) is 1. The quantitative estimate of drug-likeness (QED) is 0.546. The van der Waals surface area contributed by atoms with Crippen LogP contribution in [0.2, 0.25) is 0 Å². The molecule has 2 aliphatic heterocycles. The second-order valence-electron chi connectivity index (χ2n) is 9.28. The van der Waals surface area contributed by atoms with E-state index in [1.54, 1.807) is 6.92 Å². The molecule has 5 nitrogen and oxygen atoms in total. The van der Waals surface area contributed by atoms with Gasteiger partial charge in [-0.05, 0) is 48.6 Å². The third-order valence-corrected chi connectivity index (χ3v) is 7.13. The number of hydrogen-bond acceptors (Lipinski definition) is 3. The number of benzene rings is 3. The Morgan fingerprint density at radius 1 is 0.882 bits per heavy atom. The van der Waals surface area contributed by atoms with Gasteiger partial charge in [-0.1, -0.05) is 66.7 Å². The number of hydrogen-bond donors (Lipinski definition) is 0. The van der Waals surface area contributed by atoms with Crippen molar-refractivity contribution < 1.29 is 14.3 Å². The predicted octanol–water partition coefficient (Wildman–Crippen LogP) is 5.17. The number of amides is 2. The van der Waals surface area contributed by atoms with Crippen LogP contribution in [0.3, 0.4) is 0 Å². The molecule has 0 bridgehead atoms. The Kier molecular flexibility index (Phi) is 6.20. The van der Waals surface area contributed by atoms with Crippen LogP contribution in [0.15, 0.2) is 84.9 Å². The minimum atomic E-state index is -0.275. The monoisotopic (exact) mass is 454 g/mol. The first-order valence-electron chi connectivity index (χ1n) is 12.0. The van der Waals surface area contributed by atoms with E-state index < -0.39 is 0 Å². The molecule has 5 rings (SSSR count). The fourth-order valence-corrected chi connectivity index (χ4v) is 5.40. The lowest BCUT2D eigenvalue weighted by Gasteiger charge is -2.39. The van der Waals surface area contributed by atoms with Crippen molar-refractivity contribution in [2.45, 2.75) is 37.8 Å². The molecule has 1 atom stereocenters. The van der Waals surface area contributed by atoms with Crippen molar-refractivity contribution in [2.75, 3.05) is 24.6 Å². The Bertz CT molecular complexity index is 1150. The van der Waals surface area contributed by atoms with Gasteiger partial charge in [-0.3, -0.25) is 9.59 Å². The van der Waals surface area contributed by atoms with E-state index in [0.29, 0.717) is 19.7 Å². The van der Waals surface area contributed by atoms with E-state index in [4.69, 9.17) is 4.74 Å². The molecule has 0 aromatic heterocycles. The van der Waals surface area contributed by atoms with Crippen LogP contribution in [-0.4, -0.2) is 48.1 Å². The Hall–Kier alpha value is -3.44. The summed E-state index contributed by atoms with van der Waals surface area (Å²) in [6.45, 7) is 3.45. The summed E-state index contributed by atoms with van der Waals surface area (Å²) < 4.78 is 6.34. The van der Waals surface area contributed by atoms with Gasteiger partial charge in [0, 0.05) is 31.3 Å². The lowest BCUT2D eigenvalue weighted by Crippen LogP contribution is -2.47. The molecule has 0 aliphatic carbocycles. The Morgan fingerprint density at radius 3 is 2.18 bits per heavy atom. The molecule has 1 spiro atoms. The van der Waals surface area contributed by atoms with Gasteiger partial charge >= 0.3 is 0 Å². The van der Waals surface area contributed by atoms with Gasteiger partial charge in [0.15, 0.2) is 0 Å². The van der Waals surface area contributed by atoms with Gasteiger partial charge in [0.25, 0.3) is 5.91 Å². The van der Waals surface area contributed by atoms with Crippen molar-refractivity contribution in [1.29, 1.82) is 0 Å². The first-order chi connectivity index (χ1) is 16.6. The summed E-state index contributed by atoms with van der Waals surface area (Å²) in [6, 6.07) is 27.7. The average Bonchev–Trinajstić information content (AvgIpc) is 3.27. The number of nitrogens with zero attached hydrogens (tertiary/aromatic N) is 2. The average molecular weight is 455 g/mol. The van der Waals surface area contributed by atoms with Crippen molar-refractivity contribution in [3.8, 4) is 11.1 Å². The van der Waals surface area contributed by atoms with E-state index >= 15 is 0 Å². The summed E-state index contributed by atoms with van der Waals surface area (Å²) in [6.07, 6.45) is 2.36. The first kappa shape index (κ1) is 22.4. The van der Waals surface area contributed by atoms with Crippen LogP contribution in [0.4, 0.5) is 5.69 Å². The second-order valence-corrected chi connectivity index (χ2v) is 9.28. The maximum Gasteiger partial charge on any atom is 0.254 e. The van der Waals surface area contributed by atoms with Gasteiger partial charge in [0.05, 0.1) is 18.2 Å². The molecule has 0 N–H and O–H groups in total. The molecule has 2 amide bonds. The molecular weight excluding hydrogens is 424 g/mol. The van der Waals surface area contributed by atoms with Crippen LogP contribution in [0, 0.1) is 0 Å². The topological polar surface area (TPSA) is 49.9 Å². The highest BCUT2D eigenvalue weighted by Gasteiger charge is 2.46. The van der Waals surface area contributed by atoms with E-state index in [-0.39, 0.29) is 23.5 Å². The standard InChI is InChI=1S/C29H30N2O3/c1-22(32)31(24-12-6-3-7-13-24)25-20-29(34-21-25)16-18-30(19-17-29)28(33)27-15-9-8-14-26(27)23-10-4-2-5-11-23/h2-15,25H,16-21H2,1H3/t25-/m1/s1. The number of carbonyl (C=O) groups is 2. The largest absolute Gasteiger partial charge is 0.373 e. The normalized spacial score (nSPS) is 19.2. The van der Waals surface area contributed by atoms with Gasteiger partial charge in [-0.15, -0.1) is 0 Å². The molecule has 2 heterocycles. The van der Waals surface area contributed by atoms with E-state index in [1.807, 2.05) is 94.7 Å². The van der Waals surface area contributed by atoms with Gasteiger partial charge in [0.1, 0.15) is 0 Å². The maximum absolute atomic E-state index is 13.5. The zero-order valence-electron chi connectivity index (χ0n) is 19.5. The molecule has 5 heteroatoms. The van der Waals surface area contributed by atoms with E-state index in [2.05, 4.69) is 0 Å². The highest BCUT2D eigenvalue weighted by molar-refractivity contribution is 6.01. The van der Waals surface area contributed by atoms with Crippen molar-refractivity contribution in [1.82, 2.24) is 4.90 Å². The van der Waals surface area contributed by atoms with Crippen LogP contribution in [0.5, 0.6) is 0 Å². The van der Waals surface area contributed by atoms with Gasteiger partial charge < -0.3 is 14.5 Å².